The van der Waals surface area contributed by atoms with Gasteiger partial charge in [0.1, 0.15) is 17.3 Å². The van der Waals surface area contributed by atoms with Crippen molar-refractivity contribution >= 4 is 23.4 Å². The average molecular weight is 321 g/mol. The molecule has 0 spiro atoms. The molecule has 0 atom stereocenters. The van der Waals surface area contributed by atoms with E-state index in [4.69, 9.17) is 9.47 Å². The number of benzene rings is 2. The van der Waals surface area contributed by atoms with E-state index in [-0.39, 0.29) is 17.5 Å². The van der Waals surface area contributed by atoms with Crippen LogP contribution in [0.4, 0.5) is 10.1 Å². The van der Waals surface area contributed by atoms with Gasteiger partial charge in [0.15, 0.2) is 0 Å². The van der Waals surface area contributed by atoms with E-state index in [0.717, 1.165) is 4.90 Å². The number of rotatable bonds is 6. The molecule has 1 N–H and O–H groups in total. The zero-order chi connectivity index (χ0) is 15.9. The van der Waals surface area contributed by atoms with Gasteiger partial charge >= 0.3 is 0 Å². The van der Waals surface area contributed by atoms with Gasteiger partial charge in [-0.25, -0.2) is 4.39 Å². The first kappa shape index (κ1) is 16.2. The lowest BCUT2D eigenvalue weighted by Gasteiger charge is -2.11. The molecule has 0 saturated carbocycles. The van der Waals surface area contributed by atoms with E-state index in [1.807, 2.05) is 0 Å². The lowest BCUT2D eigenvalue weighted by Crippen LogP contribution is -2.14. The second-order valence-electron chi connectivity index (χ2n) is 4.36. The van der Waals surface area contributed by atoms with Gasteiger partial charge in [-0.15, -0.1) is 11.8 Å². The number of ether oxygens (including phenoxy) is 2. The summed E-state index contributed by atoms with van der Waals surface area (Å²) in [4.78, 5) is 12.8. The smallest absolute Gasteiger partial charge is 0.234 e. The minimum absolute atomic E-state index is 0.180. The molecule has 2 aromatic carbocycles. The number of carbonyl (C=O) groups excluding carboxylic acids is 1. The molecule has 0 unspecified atom stereocenters. The maximum absolute atomic E-state index is 12.8. The van der Waals surface area contributed by atoms with Gasteiger partial charge < -0.3 is 14.8 Å². The van der Waals surface area contributed by atoms with E-state index in [0.29, 0.717) is 17.2 Å². The Hall–Kier alpha value is -2.21. The first-order chi connectivity index (χ1) is 10.6. The molecule has 4 nitrogen and oxygen atoms in total. The van der Waals surface area contributed by atoms with E-state index in [1.54, 1.807) is 37.4 Å². The molecule has 6 heteroatoms. The SMILES string of the molecule is COc1ccc(OC)c(NC(=O)CSc2ccc(F)cc2)c1. The minimum Gasteiger partial charge on any atom is -0.497 e. The molecule has 2 aromatic rings. The van der Waals surface area contributed by atoms with Crippen LogP contribution in [0.2, 0.25) is 0 Å². The average Bonchev–Trinajstić information content (AvgIpc) is 2.54. The van der Waals surface area contributed by atoms with Crippen LogP contribution in [0.1, 0.15) is 0 Å². The number of nitrogens with one attached hydrogen (secondary N) is 1. The van der Waals surface area contributed by atoms with Crippen LogP contribution in [0.15, 0.2) is 47.4 Å². The van der Waals surface area contributed by atoms with Crippen LogP contribution in [0, 0.1) is 5.82 Å². The summed E-state index contributed by atoms with van der Waals surface area (Å²) in [5, 5.41) is 2.78. The minimum atomic E-state index is -0.296. The fourth-order valence-electron chi connectivity index (χ4n) is 1.78. The molecule has 116 valence electrons. The Morgan fingerprint density at radius 1 is 1.14 bits per heavy atom. The molecule has 2 rings (SSSR count). The summed E-state index contributed by atoms with van der Waals surface area (Å²) in [6, 6.07) is 11.2. The van der Waals surface area contributed by atoms with Gasteiger partial charge in [0.2, 0.25) is 5.91 Å². The van der Waals surface area contributed by atoms with Crippen molar-refractivity contribution in [2.75, 3.05) is 25.3 Å². The predicted molar refractivity (Wildman–Crippen MR) is 85.3 cm³/mol. The molecule has 0 aliphatic carbocycles. The maximum atomic E-state index is 12.8. The second kappa shape index (κ2) is 7.70. The maximum Gasteiger partial charge on any atom is 0.234 e. The summed E-state index contributed by atoms with van der Waals surface area (Å²) < 4.78 is 23.1. The number of carbonyl (C=O) groups is 1. The van der Waals surface area contributed by atoms with Crippen LogP contribution >= 0.6 is 11.8 Å². The molecule has 0 aromatic heterocycles. The summed E-state index contributed by atoms with van der Waals surface area (Å²) in [5.74, 6) is 0.922. The number of halogens is 1. The van der Waals surface area contributed by atoms with Crippen LogP contribution < -0.4 is 14.8 Å². The molecule has 0 aliphatic rings. The molecule has 22 heavy (non-hydrogen) atoms. The summed E-state index contributed by atoms with van der Waals surface area (Å²) in [6.07, 6.45) is 0. The van der Waals surface area contributed by atoms with E-state index in [9.17, 15) is 9.18 Å². The van der Waals surface area contributed by atoms with E-state index >= 15 is 0 Å². The summed E-state index contributed by atoms with van der Waals surface area (Å²) >= 11 is 1.33. The van der Waals surface area contributed by atoms with Crippen molar-refractivity contribution in [3.63, 3.8) is 0 Å². The largest absolute Gasteiger partial charge is 0.497 e. The van der Waals surface area contributed by atoms with E-state index < -0.39 is 0 Å². The first-order valence-electron chi connectivity index (χ1n) is 6.52. The topological polar surface area (TPSA) is 47.6 Å². The summed E-state index contributed by atoms with van der Waals surface area (Å²) in [6.45, 7) is 0. The van der Waals surface area contributed by atoms with Crippen molar-refractivity contribution in [2.45, 2.75) is 4.90 Å². The normalized spacial score (nSPS) is 10.1. The van der Waals surface area contributed by atoms with Gasteiger partial charge in [0.25, 0.3) is 0 Å². The van der Waals surface area contributed by atoms with Crippen LogP contribution in [-0.2, 0) is 4.79 Å². The Morgan fingerprint density at radius 2 is 1.86 bits per heavy atom. The summed E-state index contributed by atoms with van der Waals surface area (Å²) in [7, 11) is 3.09. The van der Waals surface area contributed by atoms with Gasteiger partial charge in [-0.1, -0.05) is 0 Å². The van der Waals surface area contributed by atoms with Gasteiger partial charge in [-0.05, 0) is 36.4 Å². The third-order valence-corrected chi connectivity index (χ3v) is 3.88. The molecular weight excluding hydrogens is 305 g/mol. The fourth-order valence-corrected chi connectivity index (χ4v) is 2.48. The highest BCUT2D eigenvalue weighted by molar-refractivity contribution is 8.00. The monoisotopic (exact) mass is 321 g/mol. The molecule has 0 saturated heterocycles. The lowest BCUT2D eigenvalue weighted by atomic mass is 10.2. The summed E-state index contributed by atoms with van der Waals surface area (Å²) in [5.41, 5.74) is 0.548. The molecule has 0 radical (unpaired) electrons. The zero-order valence-corrected chi connectivity index (χ0v) is 13.1. The predicted octanol–water partition coefficient (Wildman–Crippen LogP) is 3.57. The Kier molecular flexibility index (Phi) is 5.66. The molecule has 0 heterocycles. The molecule has 0 bridgehead atoms. The molecule has 0 aliphatic heterocycles. The third-order valence-electron chi connectivity index (χ3n) is 2.86. The number of methoxy groups -OCH3 is 2. The quantitative estimate of drug-likeness (QED) is 0.826. The highest BCUT2D eigenvalue weighted by atomic mass is 32.2. The number of hydrogen-bond acceptors (Lipinski definition) is 4. The highest BCUT2D eigenvalue weighted by Gasteiger charge is 2.09. The van der Waals surface area contributed by atoms with Gasteiger partial charge in [-0.3, -0.25) is 4.79 Å². The third kappa shape index (κ3) is 4.39. The van der Waals surface area contributed by atoms with Crippen molar-refractivity contribution in [3.8, 4) is 11.5 Å². The van der Waals surface area contributed by atoms with Crippen molar-refractivity contribution < 1.29 is 18.7 Å². The molecule has 1 amide bonds. The Bertz CT molecular complexity index is 646. The van der Waals surface area contributed by atoms with Crippen LogP contribution in [-0.4, -0.2) is 25.9 Å². The van der Waals surface area contributed by atoms with Crippen molar-refractivity contribution in [1.82, 2.24) is 0 Å². The lowest BCUT2D eigenvalue weighted by molar-refractivity contribution is -0.113. The molecule has 0 fully saturated rings. The van der Waals surface area contributed by atoms with Crippen molar-refractivity contribution in [1.29, 1.82) is 0 Å². The second-order valence-corrected chi connectivity index (χ2v) is 5.41. The van der Waals surface area contributed by atoms with Crippen molar-refractivity contribution in [3.05, 3.63) is 48.3 Å². The van der Waals surface area contributed by atoms with Crippen LogP contribution in [0.3, 0.4) is 0 Å². The number of thioether (sulfide) groups is 1. The highest BCUT2D eigenvalue weighted by Crippen LogP contribution is 2.29. The van der Waals surface area contributed by atoms with E-state index in [1.165, 1.54) is 31.0 Å². The Balaban J connectivity index is 1.98. The van der Waals surface area contributed by atoms with Gasteiger partial charge in [-0.2, -0.15) is 0 Å². The van der Waals surface area contributed by atoms with Crippen molar-refractivity contribution in [2.24, 2.45) is 0 Å². The van der Waals surface area contributed by atoms with Gasteiger partial charge in [0, 0.05) is 11.0 Å². The molecular formula is C16H16FNO3S. The Morgan fingerprint density at radius 3 is 2.50 bits per heavy atom. The number of hydrogen-bond donors (Lipinski definition) is 1. The number of amides is 1. The van der Waals surface area contributed by atoms with Gasteiger partial charge in [0.05, 0.1) is 25.7 Å². The van der Waals surface area contributed by atoms with Crippen LogP contribution in [0.25, 0.3) is 0 Å². The zero-order valence-electron chi connectivity index (χ0n) is 12.3. The first-order valence-corrected chi connectivity index (χ1v) is 7.51. The fraction of sp³-hybridized carbons (Fsp3) is 0.188. The Labute approximate surface area is 132 Å². The standard InChI is InChI=1S/C16H16FNO3S/c1-20-12-5-8-15(21-2)14(9-12)18-16(19)10-22-13-6-3-11(17)4-7-13/h3-9H,10H2,1-2H3,(H,18,19). The number of anilines is 1. The van der Waals surface area contributed by atoms with E-state index in [2.05, 4.69) is 5.32 Å². The van der Waals surface area contributed by atoms with Crippen LogP contribution in [0.5, 0.6) is 11.5 Å².